The van der Waals surface area contributed by atoms with Gasteiger partial charge in [-0.2, -0.15) is 5.26 Å². The lowest BCUT2D eigenvalue weighted by Gasteiger charge is -2.31. The zero-order valence-electron chi connectivity index (χ0n) is 19.3. The molecular formula is C26H27N5O3. The standard InChI is InChI=1S/C26H27N5O3/c1-17(32)31-9-6-22(7-10-31)34-25-4-3-19(14-20(25)16-27)24-5-8-29-26(30-24)13-18-11-21(28)15-23(12-18)33-2/h3-5,8,11-12,14-15,22H,6-7,9-10,13,28H2,1-2H3. The summed E-state index contributed by atoms with van der Waals surface area (Å²) in [4.78, 5) is 22.4. The van der Waals surface area contributed by atoms with Crippen LogP contribution in [0.2, 0.25) is 0 Å². The zero-order valence-corrected chi connectivity index (χ0v) is 19.3. The lowest BCUT2D eigenvalue weighted by atomic mass is 10.1. The number of rotatable bonds is 6. The van der Waals surface area contributed by atoms with Gasteiger partial charge >= 0.3 is 0 Å². The van der Waals surface area contributed by atoms with Crippen LogP contribution in [0.4, 0.5) is 5.69 Å². The van der Waals surface area contributed by atoms with E-state index in [-0.39, 0.29) is 12.0 Å². The predicted octanol–water partition coefficient (Wildman–Crippen LogP) is 3.59. The summed E-state index contributed by atoms with van der Waals surface area (Å²) in [5.41, 5.74) is 9.51. The Kier molecular flexibility index (Phi) is 6.93. The van der Waals surface area contributed by atoms with E-state index in [4.69, 9.17) is 15.2 Å². The van der Waals surface area contributed by atoms with Gasteiger partial charge in [0.15, 0.2) is 0 Å². The summed E-state index contributed by atoms with van der Waals surface area (Å²) >= 11 is 0. The molecule has 0 unspecified atom stereocenters. The van der Waals surface area contributed by atoms with E-state index >= 15 is 0 Å². The van der Waals surface area contributed by atoms with E-state index in [1.54, 1.807) is 32.4 Å². The lowest BCUT2D eigenvalue weighted by molar-refractivity contribution is -0.130. The highest BCUT2D eigenvalue weighted by atomic mass is 16.5. The molecule has 34 heavy (non-hydrogen) atoms. The van der Waals surface area contributed by atoms with E-state index in [9.17, 15) is 10.1 Å². The lowest BCUT2D eigenvalue weighted by Crippen LogP contribution is -2.40. The molecule has 0 aliphatic carbocycles. The fraction of sp³-hybridized carbons (Fsp3) is 0.308. The molecule has 2 N–H and O–H groups in total. The maximum atomic E-state index is 11.5. The summed E-state index contributed by atoms with van der Waals surface area (Å²) in [6, 6.07) is 15.1. The minimum absolute atomic E-state index is 0.0190. The van der Waals surface area contributed by atoms with Crippen LogP contribution < -0.4 is 15.2 Å². The molecule has 4 rings (SSSR count). The number of amides is 1. The Labute approximate surface area is 199 Å². The molecule has 0 radical (unpaired) electrons. The Balaban J connectivity index is 1.50. The van der Waals surface area contributed by atoms with E-state index in [1.165, 1.54) is 0 Å². The topological polar surface area (TPSA) is 114 Å². The monoisotopic (exact) mass is 457 g/mol. The second-order valence-electron chi connectivity index (χ2n) is 8.30. The molecule has 1 saturated heterocycles. The van der Waals surface area contributed by atoms with Gasteiger partial charge < -0.3 is 20.1 Å². The smallest absolute Gasteiger partial charge is 0.219 e. The van der Waals surface area contributed by atoms with Crippen LogP contribution in [0.3, 0.4) is 0 Å². The van der Waals surface area contributed by atoms with Crippen LogP contribution in [0.25, 0.3) is 11.3 Å². The number of carbonyl (C=O) groups is 1. The van der Waals surface area contributed by atoms with Crippen LogP contribution in [-0.2, 0) is 11.2 Å². The maximum Gasteiger partial charge on any atom is 0.219 e. The second-order valence-corrected chi connectivity index (χ2v) is 8.30. The van der Waals surface area contributed by atoms with Crippen molar-refractivity contribution in [2.45, 2.75) is 32.3 Å². The molecule has 174 valence electrons. The molecule has 1 amide bonds. The summed E-state index contributed by atoms with van der Waals surface area (Å²) in [5, 5.41) is 9.72. The minimum atomic E-state index is -0.0190. The molecule has 1 aliphatic rings. The highest BCUT2D eigenvalue weighted by Gasteiger charge is 2.23. The SMILES string of the molecule is COc1cc(N)cc(Cc2nccc(-c3ccc(OC4CCN(C(C)=O)CC4)c(C#N)c3)n2)c1. The average Bonchev–Trinajstić information content (AvgIpc) is 2.84. The number of ether oxygens (including phenoxy) is 2. The van der Waals surface area contributed by atoms with Crippen molar-refractivity contribution in [1.82, 2.24) is 14.9 Å². The highest BCUT2D eigenvalue weighted by Crippen LogP contribution is 2.28. The first-order chi connectivity index (χ1) is 16.4. The minimum Gasteiger partial charge on any atom is -0.497 e. The molecule has 2 heterocycles. The molecule has 0 atom stereocenters. The van der Waals surface area contributed by atoms with Crippen LogP contribution in [-0.4, -0.2) is 47.1 Å². The normalized spacial score (nSPS) is 13.9. The van der Waals surface area contributed by atoms with Crippen molar-refractivity contribution in [3.05, 3.63) is 65.6 Å². The molecule has 0 bridgehead atoms. The molecular weight excluding hydrogens is 430 g/mol. The summed E-state index contributed by atoms with van der Waals surface area (Å²) in [6.45, 7) is 2.92. The maximum absolute atomic E-state index is 11.5. The summed E-state index contributed by atoms with van der Waals surface area (Å²) in [7, 11) is 1.60. The summed E-state index contributed by atoms with van der Waals surface area (Å²) < 4.78 is 11.4. The highest BCUT2D eigenvalue weighted by molar-refractivity contribution is 5.73. The van der Waals surface area contributed by atoms with Crippen molar-refractivity contribution in [1.29, 1.82) is 5.26 Å². The molecule has 0 spiro atoms. The fourth-order valence-electron chi connectivity index (χ4n) is 4.08. The predicted molar refractivity (Wildman–Crippen MR) is 128 cm³/mol. The van der Waals surface area contributed by atoms with Gasteiger partial charge in [-0.3, -0.25) is 4.79 Å². The van der Waals surface area contributed by atoms with Gasteiger partial charge in [-0.15, -0.1) is 0 Å². The molecule has 0 saturated carbocycles. The summed E-state index contributed by atoms with van der Waals surface area (Å²) in [5.74, 6) is 1.96. The van der Waals surface area contributed by atoms with Crippen molar-refractivity contribution < 1.29 is 14.3 Å². The number of hydrogen-bond donors (Lipinski definition) is 1. The third-order valence-electron chi connectivity index (χ3n) is 5.87. The van der Waals surface area contributed by atoms with E-state index in [0.29, 0.717) is 48.1 Å². The second kappa shape index (κ2) is 10.2. The Morgan fingerprint density at radius 3 is 2.71 bits per heavy atom. The van der Waals surface area contributed by atoms with E-state index in [2.05, 4.69) is 16.0 Å². The third kappa shape index (κ3) is 5.44. The Morgan fingerprint density at radius 1 is 1.21 bits per heavy atom. The molecule has 1 aromatic heterocycles. The van der Waals surface area contributed by atoms with Gasteiger partial charge in [-0.05, 0) is 42.0 Å². The number of benzene rings is 2. The largest absolute Gasteiger partial charge is 0.497 e. The van der Waals surface area contributed by atoms with Gasteiger partial charge in [0.2, 0.25) is 5.91 Å². The van der Waals surface area contributed by atoms with Crippen molar-refractivity contribution in [2.75, 3.05) is 25.9 Å². The van der Waals surface area contributed by atoms with Crippen LogP contribution in [0.15, 0.2) is 48.7 Å². The number of nitrogens with zero attached hydrogens (tertiary/aromatic N) is 4. The van der Waals surface area contributed by atoms with Gasteiger partial charge in [0, 0.05) is 62.8 Å². The number of carbonyl (C=O) groups excluding carboxylic acids is 1. The van der Waals surface area contributed by atoms with Crippen molar-refractivity contribution in [3.63, 3.8) is 0 Å². The number of hydrogen-bond acceptors (Lipinski definition) is 7. The van der Waals surface area contributed by atoms with Gasteiger partial charge in [0.25, 0.3) is 0 Å². The molecule has 3 aromatic rings. The van der Waals surface area contributed by atoms with Crippen LogP contribution in [0, 0.1) is 11.3 Å². The van der Waals surface area contributed by atoms with Crippen LogP contribution >= 0.6 is 0 Å². The average molecular weight is 458 g/mol. The van der Waals surface area contributed by atoms with E-state index in [0.717, 1.165) is 29.7 Å². The fourth-order valence-corrected chi connectivity index (χ4v) is 4.08. The first kappa shape index (κ1) is 23.1. The Hall–Kier alpha value is -4.12. The van der Waals surface area contributed by atoms with Gasteiger partial charge in [0.1, 0.15) is 29.5 Å². The first-order valence-corrected chi connectivity index (χ1v) is 11.2. The number of aromatic nitrogens is 2. The van der Waals surface area contributed by atoms with Crippen molar-refractivity contribution in [3.8, 4) is 28.8 Å². The molecule has 8 heteroatoms. The van der Waals surface area contributed by atoms with Gasteiger partial charge in [-0.25, -0.2) is 9.97 Å². The quantitative estimate of drug-likeness (QED) is 0.563. The Bertz CT molecular complexity index is 1230. The molecule has 1 fully saturated rings. The van der Waals surface area contributed by atoms with E-state index < -0.39 is 0 Å². The number of nitrogen functional groups attached to an aromatic ring is 1. The third-order valence-corrected chi connectivity index (χ3v) is 5.87. The van der Waals surface area contributed by atoms with Crippen molar-refractivity contribution in [2.24, 2.45) is 0 Å². The number of nitrogens with two attached hydrogens (primary N) is 1. The number of nitriles is 1. The molecule has 1 aliphatic heterocycles. The molecule has 8 nitrogen and oxygen atoms in total. The van der Waals surface area contributed by atoms with Gasteiger partial charge in [-0.1, -0.05) is 0 Å². The van der Waals surface area contributed by atoms with Crippen LogP contribution in [0.5, 0.6) is 11.5 Å². The number of anilines is 1. The number of methoxy groups -OCH3 is 1. The van der Waals surface area contributed by atoms with Crippen molar-refractivity contribution >= 4 is 11.6 Å². The van der Waals surface area contributed by atoms with E-state index in [1.807, 2.05) is 35.2 Å². The van der Waals surface area contributed by atoms with Gasteiger partial charge in [0.05, 0.1) is 18.4 Å². The number of piperidine rings is 1. The molecule has 2 aromatic carbocycles. The zero-order chi connectivity index (χ0) is 24.1. The first-order valence-electron chi connectivity index (χ1n) is 11.2. The number of likely N-dealkylation sites (tertiary alicyclic amines) is 1. The Morgan fingerprint density at radius 2 is 2.00 bits per heavy atom. The van der Waals surface area contributed by atoms with Crippen LogP contribution in [0.1, 0.15) is 36.7 Å². The summed E-state index contributed by atoms with van der Waals surface area (Å²) in [6.07, 6.45) is 3.68.